The van der Waals surface area contributed by atoms with Crippen LogP contribution in [-0.4, -0.2) is 58.3 Å². The fourth-order valence-corrected chi connectivity index (χ4v) is 6.97. The molecule has 3 aromatic rings. The van der Waals surface area contributed by atoms with Crippen LogP contribution in [0.2, 0.25) is 0 Å². The summed E-state index contributed by atoms with van der Waals surface area (Å²) in [5.74, 6) is 3.34. The molecule has 0 aromatic heterocycles. The first-order valence-corrected chi connectivity index (χ1v) is 14.5. The number of methoxy groups -OCH3 is 3. The van der Waals surface area contributed by atoms with E-state index in [9.17, 15) is 5.11 Å². The maximum Gasteiger partial charge on any atom is 0.244 e. The van der Waals surface area contributed by atoms with Crippen molar-refractivity contribution < 1.29 is 47.7 Å². The molecule has 0 radical (unpaired) electrons. The zero-order chi connectivity index (χ0) is 29.8. The smallest absolute Gasteiger partial charge is 0.244 e. The van der Waals surface area contributed by atoms with E-state index in [1.54, 1.807) is 21.3 Å². The fourth-order valence-electron chi connectivity index (χ4n) is 6.97. The van der Waals surface area contributed by atoms with Crippen LogP contribution in [-0.2, 0) is 19.8 Å². The van der Waals surface area contributed by atoms with Crippen LogP contribution >= 0.6 is 0 Å². The van der Waals surface area contributed by atoms with E-state index in [0.29, 0.717) is 53.1 Å². The minimum Gasteiger partial charge on any atom is -0.496 e. The minimum atomic E-state index is -1.29. The van der Waals surface area contributed by atoms with Gasteiger partial charge in [0.1, 0.15) is 23.2 Å². The Kier molecular flexibility index (Phi) is 7.04. The van der Waals surface area contributed by atoms with Crippen LogP contribution < -0.4 is 28.4 Å². The lowest BCUT2D eigenvalue weighted by atomic mass is 9.80. The first-order valence-electron chi connectivity index (χ1n) is 14.5. The van der Waals surface area contributed by atoms with Crippen LogP contribution in [0.1, 0.15) is 48.7 Å². The lowest BCUT2D eigenvalue weighted by Gasteiger charge is -2.44. The summed E-state index contributed by atoms with van der Waals surface area (Å²) in [5.41, 5.74) is 0.210. The molecule has 0 aliphatic carbocycles. The molecule has 0 amide bonds. The minimum absolute atomic E-state index is 0.0903. The molecule has 43 heavy (non-hydrogen) atoms. The quantitative estimate of drug-likeness (QED) is 0.382. The second-order valence-electron chi connectivity index (χ2n) is 11.3. The van der Waals surface area contributed by atoms with Crippen LogP contribution in [0.25, 0.3) is 0 Å². The van der Waals surface area contributed by atoms with Crippen LogP contribution in [0.15, 0.2) is 54.6 Å². The number of hydrogen-bond donors (Lipinski definition) is 1. The Morgan fingerprint density at radius 1 is 0.884 bits per heavy atom. The summed E-state index contributed by atoms with van der Waals surface area (Å²) in [6.45, 7) is 2.67. The van der Waals surface area contributed by atoms with E-state index in [-0.39, 0.29) is 19.3 Å². The van der Waals surface area contributed by atoms with Crippen molar-refractivity contribution in [2.45, 2.75) is 49.5 Å². The second kappa shape index (κ2) is 10.8. The number of rotatable bonds is 8. The van der Waals surface area contributed by atoms with Gasteiger partial charge in [-0.1, -0.05) is 31.5 Å². The zero-order valence-electron chi connectivity index (χ0n) is 24.7. The van der Waals surface area contributed by atoms with Gasteiger partial charge in [0.25, 0.3) is 0 Å². The highest BCUT2D eigenvalue weighted by Gasteiger charge is 2.60. The predicted molar refractivity (Wildman–Crippen MR) is 153 cm³/mol. The van der Waals surface area contributed by atoms with Crippen LogP contribution in [0.4, 0.5) is 0 Å². The van der Waals surface area contributed by atoms with E-state index >= 15 is 0 Å². The molecule has 0 unspecified atom stereocenters. The third-order valence-electron chi connectivity index (χ3n) is 9.03. The number of benzene rings is 3. The molecule has 3 aromatic carbocycles. The molecule has 4 aliphatic heterocycles. The Labute approximate surface area is 250 Å². The van der Waals surface area contributed by atoms with Gasteiger partial charge >= 0.3 is 0 Å². The van der Waals surface area contributed by atoms with Crippen LogP contribution in [0.3, 0.4) is 0 Å². The molecule has 10 nitrogen and oxygen atoms in total. The van der Waals surface area contributed by atoms with Crippen molar-refractivity contribution in [1.29, 1.82) is 0 Å². The maximum absolute atomic E-state index is 12.0. The van der Waals surface area contributed by atoms with E-state index in [2.05, 4.69) is 6.92 Å². The highest BCUT2D eigenvalue weighted by molar-refractivity contribution is 5.51. The average Bonchev–Trinajstić information content (AvgIpc) is 3.73. The molecule has 7 rings (SSSR count). The highest BCUT2D eigenvalue weighted by Crippen LogP contribution is 2.57. The SMILES string of the molecule is CCC[C@@]1(c2ccc3c(c2)OCO3)Oc2ccc([C@@H]3OC[C@@]4(O)[C@H](c5c(OC)cccc5OC)OC[C@@H]34)cc2O[C@@H]1OC. The van der Waals surface area contributed by atoms with Crippen molar-refractivity contribution in [1.82, 2.24) is 0 Å². The van der Waals surface area contributed by atoms with E-state index in [1.807, 2.05) is 54.6 Å². The normalized spacial score (nSPS) is 30.3. The van der Waals surface area contributed by atoms with Crippen molar-refractivity contribution in [3.63, 3.8) is 0 Å². The zero-order valence-corrected chi connectivity index (χ0v) is 24.7. The predicted octanol–water partition coefficient (Wildman–Crippen LogP) is 5.06. The van der Waals surface area contributed by atoms with Gasteiger partial charge in [-0.3, -0.25) is 0 Å². The van der Waals surface area contributed by atoms with Gasteiger partial charge < -0.3 is 47.7 Å². The highest BCUT2D eigenvalue weighted by atomic mass is 16.7. The summed E-state index contributed by atoms with van der Waals surface area (Å²) < 4.78 is 54.1. The first kappa shape index (κ1) is 28.1. The van der Waals surface area contributed by atoms with E-state index < -0.39 is 29.7 Å². The summed E-state index contributed by atoms with van der Waals surface area (Å²) >= 11 is 0. The van der Waals surface area contributed by atoms with Gasteiger partial charge in [0, 0.05) is 18.6 Å². The fraction of sp³-hybridized carbons (Fsp3) is 0.455. The average molecular weight is 593 g/mol. The second-order valence-corrected chi connectivity index (χ2v) is 11.3. The maximum atomic E-state index is 12.0. The number of fused-ring (bicyclic) bond motifs is 3. The van der Waals surface area contributed by atoms with Crippen molar-refractivity contribution in [2.24, 2.45) is 5.92 Å². The van der Waals surface area contributed by atoms with Gasteiger partial charge in [-0.2, -0.15) is 0 Å². The third kappa shape index (κ3) is 4.30. The summed E-state index contributed by atoms with van der Waals surface area (Å²) in [5, 5.41) is 12.0. The molecule has 1 N–H and O–H groups in total. The van der Waals surface area contributed by atoms with Crippen LogP contribution in [0, 0.1) is 5.92 Å². The summed E-state index contributed by atoms with van der Waals surface area (Å²) in [6, 6.07) is 17.1. The standard InChI is InChI=1S/C33H36O10/c1-5-13-33(20-10-12-22-26(15-20)41-18-40-22)31(37-4)42-27-14-19(9-11-23(27)43-33)29-21-16-38-30(32(21,34)17-39-29)28-24(35-2)7-6-8-25(28)36-3/h6-12,14-15,21,29-31,34H,5,13,16-18H2,1-4H3/t21-,29-,30-,31-,32-,33-/m0/s1. The molecule has 228 valence electrons. The molecule has 0 spiro atoms. The number of ether oxygens (including phenoxy) is 9. The Bertz CT molecular complexity index is 1490. The van der Waals surface area contributed by atoms with Gasteiger partial charge in [-0.15, -0.1) is 0 Å². The largest absolute Gasteiger partial charge is 0.496 e. The molecule has 4 heterocycles. The van der Waals surface area contributed by atoms with Gasteiger partial charge in [-0.25, -0.2) is 0 Å². The third-order valence-corrected chi connectivity index (χ3v) is 9.03. The molecular formula is C33H36O10. The van der Waals surface area contributed by atoms with E-state index in [4.69, 9.17) is 42.6 Å². The Morgan fingerprint density at radius 2 is 1.65 bits per heavy atom. The Morgan fingerprint density at radius 3 is 2.40 bits per heavy atom. The lowest BCUT2D eigenvalue weighted by Crippen LogP contribution is -2.51. The monoisotopic (exact) mass is 592 g/mol. The molecule has 0 bridgehead atoms. The molecule has 2 fully saturated rings. The number of aliphatic hydroxyl groups is 1. The first-order chi connectivity index (χ1) is 21.0. The van der Waals surface area contributed by atoms with Gasteiger partial charge in [0.2, 0.25) is 13.1 Å². The van der Waals surface area contributed by atoms with Crippen LogP contribution in [0.5, 0.6) is 34.5 Å². The Balaban J connectivity index is 1.19. The van der Waals surface area contributed by atoms with Crippen molar-refractivity contribution in [3.05, 3.63) is 71.3 Å². The number of hydrogen-bond acceptors (Lipinski definition) is 10. The molecule has 0 saturated carbocycles. The van der Waals surface area contributed by atoms with E-state index in [1.165, 1.54) is 0 Å². The van der Waals surface area contributed by atoms with E-state index in [0.717, 1.165) is 17.5 Å². The molecule has 2 saturated heterocycles. The van der Waals surface area contributed by atoms with Crippen molar-refractivity contribution >= 4 is 0 Å². The molecule has 4 aliphatic rings. The topological polar surface area (TPSA) is 103 Å². The lowest BCUT2D eigenvalue weighted by molar-refractivity contribution is -0.199. The molecule has 6 atom stereocenters. The van der Waals surface area contributed by atoms with Crippen molar-refractivity contribution in [2.75, 3.05) is 41.3 Å². The summed E-state index contributed by atoms with van der Waals surface area (Å²) in [7, 11) is 4.79. The molecule has 10 heteroatoms. The van der Waals surface area contributed by atoms with Gasteiger partial charge in [0.15, 0.2) is 28.6 Å². The van der Waals surface area contributed by atoms with Gasteiger partial charge in [-0.05, 0) is 48.4 Å². The Hall–Kier alpha value is -3.70. The molecular weight excluding hydrogens is 556 g/mol. The summed E-state index contributed by atoms with van der Waals surface area (Å²) in [4.78, 5) is 0. The van der Waals surface area contributed by atoms with Crippen molar-refractivity contribution in [3.8, 4) is 34.5 Å². The summed E-state index contributed by atoms with van der Waals surface area (Å²) in [6.07, 6.45) is -0.353. The van der Waals surface area contributed by atoms with Gasteiger partial charge in [0.05, 0.1) is 39.1 Å².